The average molecular weight is 505 g/mol. The van der Waals surface area contributed by atoms with Crippen molar-refractivity contribution >= 4 is 21.9 Å². The first-order chi connectivity index (χ1) is 16.7. The maximum absolute atomic E-state index is 13.2. The molecule has 11 heteroatoms. The van der Waals surface area contributed by atoms with Gasteiger partial charge in [0.15, 0.2) is 0 Å². The number of ether oxygens (including phenoxy) is 2. The Hall–Kier alpha value is -2.76. The molecule has 1 aromatic heterocycles. The summed E-state index contributed by atoms with van der Waals surface area (Å²) in [5.74, 6) is -0.767. The van der Waals surface area contributed by atoms with Gasteiger partial charge in [0, 0.05) is 19.8 Å². The van der Waals surface area contributed by atoms with Gasteiger partial charge in [-0.2, -0.15) is 5.10 Å². The average Bonchev–Trinajstić information content (AvgIpc) is 3.17. The van der Waals surface area contributed by atoms with E-state index >= 15 is 0 Å². The van der Waals surface area contributed by atoms with E-state index in [1.807, 2.05) is 13.8 Å². The molecule has 1 saturated heterocycles. The van der Waals surface area contributed by atoms with Gasteiger partial charge in [-0.25, -0.2) is 22.6 Å². The van der Waals surface area contributed by atoms with Crippen molar-refractivity contribution in [3.8, 4) is 5.69 Å². The number of amides is 1. The molecule has 1 aromatic carbocycles. The van der Waals surface area contributed by atoms with Gasteiger partial charge in [0.1, 0.15) is 4.90 Å². The Balaban J connectivity index is 1.94. The summed E-state index contributed by atoms with van der Waals surface area (Å²) in [4.78, 5) is 25.8. The number of nitrogens with zero attached hydrogens (tertiary/aromatic N) is 2. The Morgan fingerprint density at radius 1 is 1.29 bits per heavy atom. The van der Waals surface area contributed by atoms with E-state index in [0.717, 1.165) is 12.8 Å². The molecule has 35 heavy (non-hydrogen) atoms. The lowest BCUT2D eigenvalue weighted by molar-refractivity contribution is 0.0154. The summed E-state index contributed by atoms with van der Waals surface area (Å²) < 4.78 is 40.6. The molecular formula is C24H32N4O6S. The molecule has 0 aliphatic carbocycles. The number of carbonyl (C=O) groups is 2. The zero-order valence-corrected chi connectivity index (χ0v) is 21.2. The van der Waals surface area contributed by atoms with Crippen LogP contribution < -0.4 is 10.0 Å². The molecule has 0 unspecified atom stereocenters. The first-order valence-electron chi connectivity index (χ1n) is 12.0. The number of esters is 1. The predicted octanol–water partition coefficient (Wildman–Crippen LogP) is 1.99. The van der Waals surface area contributed by atoms with Crippen molar-refractivity contribution in [1.29, 1.82) is 0 Å². The Morgan fingerprint density at radius 3 is 2.69 bits per heavy atom. The lowest BCUT2D eigenvalue weighted by atomic mass is 9.76. The van der Waals surface area contributed by atoms with E-state index in [-0.39, 0.29) is 34.1 Å². The van der Waals surface area contributed by atoms with E-state index in [9.17, 15) is 18.0 Å². The molecule has 2 aliphatic heterocycles. The molecule has 2 aliphatic rings. The number of hydrogen-bond acceptors (Lipinski definition) is 7. The van der Waals surface area contributed by atoms with E-state index in [0.29, 0.717) is 56.0 Å². The largest absolute Gasteiger partial charge is 0.462 e. The molecule has 1 spiro atoms. The van der Waals surface area contributed by atoms with E-state index in [1.165, 1.54) is 29.9 Å². The second-order valence-electron chi connectivity index (χ2n) is 9.03. The van der Waals surface area contributed by atoms with Crippen molar-refractivity contribution < 1.29 is 27.5 Å². The number of nitrogens with one attached hydrogen (secondary N) is 2. The lowest BCUT2D eigenvalue weighted by Gasteiger charge is -2.36. The van der Waals surface area contributed by atoms with Gasteiger partial charge in [-0.05, 0) is 62.8 Å². The van der Waals surface area contributed by atoms with Crippen LogP contribution in [0.3, 0.4) is 0 Å². The predicted molar refractivity (Wildman–Crippen MR) is 128 cm³/mol. The summed E-state index contributed by atoms with van der Waals surface area (Å²) in [6.07, 6.45) is 3.22. The molecular weight excluding hydrogens is 472 g/mol. The van der Waals surface area contributed by atoms with Crippen LogP contribution in [0.5, 0.6) is 0 Å². The van der Waals surface area contributed by atoms with Crippen LogP contribution in [0.1, 0.15) is 65.2 Å². The van der Waals surface area contributed by atoms with E-state index in [2.05, 4.69) is 10.0 Å². The van der Waals surface area contributed by atoms with Gasteiger partial charge in [-0.3, -0.25) is 4.79 Å². The molecule has 10 nitrogen and oxygen atoms in total. The maximum atomic E-state index is 13.2. The Labute approximate surface area is 205 Å². The third-order valence-corrected chi connectivity index (χ3v) is 8.22. The van der Waals surface area contributed by atoms with Crippen LogP contribution in [0.15, 0.2) is 23.1 Å². The highest BCUT2D eigenvalue weighted by Gasteiger charge is 2.40. The number of rotatable bonds is 7. The molecule has 1 fully saturated rings. The maximum Gasteiger partial charge on any atom is 0.338 e. The second kappa shape index (κ2) is 10.1. The van der Waals surface area contributed by atoms with Gasteiger partial charge >= 0.3 is 5.97 Å². The van der Waals surface area contributed by atoms with E-state index in [1.54, 1.807) is 0 Å². The monoisotopic (exact) mass is 504 g/mol. The number of benzene rings is 1. The number of fused-ring (bicyclic) bond motifs is 1. The van der Waals surface area contributed by atoms with Gasteiger partial charge in [0.25, 0.3) is 5.91 Å². The molecule has 0 saturated carbocycles. The Bertz CT molecular complexity index is 1230. The first kappa shape index (κ1) is 25.3. The summed E-state index contributed by atoms with van der Waals surface area (Å²) in [6.45, 7) is 5.75. The van der Waals surface area contributed by atoms with Crippen LogP contribution in [0.25, 0.3) is 5.69 Å². The molecule has 190 valence electrons. The van der Waals surface area contributed by atoms with Crippen molar-refractivity contribution in [3.05, 3.63) is 40.7 Å². The van der Waals surface area contributed by atoms with E-state index in [4.69, 9.17) is 14.6 Å². The summed E-state index contributed by atoms with van der Waals surface area (Å²) in [5, 5.41) is 7.76. The minimum atomic E-state index is -3.90. The molecule has 0 bridgehead atoms. The number of carbonyl (C=O) groups excluding carboxylic acids is 2. The van der Waals surface area contributed by atoms with Crippen LogP contribution in [-0.2, 0) is 32.3 Å². The van der Waals surface area contributed by atoms with Crippen molar-refractivity contribution in [3.63, 3.8) is 0 Å². The summed E-state index contributed by atoms with van der Waals surface area (Å²) in [5.41, 5.74) is 1.89. The molecule has 0 atom stereocenters. The molecule has 1 amide bonds. The summed E-state index contributed by atoms with van der Waals surface area (Å²) >= 11 is 0. The van der Waals surface area contributed by atoms with Crippen molar-refractivity contribution in [2.24, 2.45) is 5.41 Å². The SMILES string of the molecule is CCCOC(=O)c1ccc(S(=O)(=O)NC)c(-n2nc(CC)c3c2CC2(CCOCC2)CNC3=O)c1. The van der Waals surface area contributed by atoms with Gasteiger partial charge in [-0.15, -0.1) is 0 Å². The van der Waals surface area contributed by atoms with Gasteiger partial charge in [-0.1, -0.05) is 13.8 Å². The van der Waals surface area contributed by atoms with Crippen molar-refractivity contribution in [1.82, 2.24) is 19.8 Å². The molecule has 2 N–H and O–H groups in total. The Morgan fingerprint density at radius 2 is 2.03 bits per heavy atom. The van der Waals surface area contributed by atoms with Crippen LogP contribution in [0, 0.1) is 5.41 Å². The molecule has 0 radical (unpaired) electrons. The van der Waals surface area contributed by atoms with Crippen LogP contribution >= 0.6 is 0 Å². The molecule has 3 heterocycles. The third-order valence-electron chi connectivity index (χ3n) is 6.75. The number of aryl methyl sites for hydroxylation is 1. The van der Waals surface area contributed by atoms with E-state index < -0.39 is 16.0 Å². The fourth-order valence-electron chi connectivity index (χ4n) is 4.73. The lowest BCUT2D eigenvalue weighted by Crippen LogP contribution is -2.40. The fourth-order valence-corrected chi connectivity index (χ4v) is 5.62. The highest BCUT2D eigenvalue weighted by Crippen LogP contribution is 2.38. The highest BCUT2D eigenvalue weighted by atomic mass is 32.2. The van der Waals surface area contributed by atoms with Crippen LogP contribution in [0.4, 0.5) is 0 Å². The second-order valence-corrected chi connectivity index (χ2v) is 10.9. The number of aromatic nitrogens is 2. The quantitative estimate of drug-likeness (QED) is 0.552. The zero-order valence-electron chi connectivity index (χ0n) is 20.3. The van der Waals surface area contributed by atoms with Gasteiger partial charge in [0.05, 0.1) is 34.8 Å². The third kappa shape index (κ3) is 4.85. The Kier molecular flexibility index (Phi) is 7.30. The number of hydrogen-bond donors (Lipinski definition) is 2. The minimum absolute atomic E-state index is 0.0364. The smallest absolute Gasteiger partial charge is 0.338 e. The van der Waals surface area contributed by atoms with Crippen LogP contribution in [-0.4, -0.2) is 63.5 Å². The number of sulfonamides is 1. The standard InChI is InChI=1S/C24H32N4O6S/c1-4-10-34-23(30)16-6-7-20(35(31,32)25-3)18(13-16)28-19-14-24(8-11-33-12-9-24)15-26-22(29)21(19)17(5-2)27-28/h6-7,13,25H,4-5,8-12,14-15H2,1-3H3,(H,26,29). The fraction of sp³-hybridized carbons (Fsp3) is 0.542. The first-order valence-corrected chi connectivity index (χ1v) is 13.5. The highest BCUT2D eigenvalue weighted by molar-refractivity contribution is 7.89. The normalized spacial score (nSPS) is 17.5. The van der Waals surface area contributed by atoms with Crippen molar-refractivity contribution in [2.45, 2.75) is 50.8 Å². The van der Waals surface area contributed by atoms with Gasteiger partial charge < -0.3 is 14.8 Å². The molecule has 4 rings (SSSR count). The minimum Gasteiger partial charge on any atom is -0.462 e. The van der Waals surface area contributed by atoms with Crippen molar-refractivity contribution in [2.75, 3.05) is 33.4 Å². The topological polar surface area (TPSA) is 129 Å². The van der Waals surface area contributed by atoms with Crippen LogP contribution in [0.2, 0.25) is 0 Å². The molecule has 2 aromatic rings. The zero-order chi connectivity index (χ0) is 25.2. The summed E-state index contributed by atoms with van der Waals surface area (Å²) in [7, 11) is -2.57. The van der Waals surface area contributed by atoms with Gasteiger partial charge in [0.2, 0.25) is 10.0 Å². The summed E-state index contributed by atoms with van der Waals surface area (Å²) in [6, 6.07) is 4.29.